The van der Waals surface area contributed by atoms with Gasteiger partial charge >= 0.3 is 0 Å². The lowest BCUT2D eigenvalue weighted by molar-refractivity contribution is 0.0983. The molecule has 9 nitrogen and oxygen atoms in total. The van der Waals surface area contributed by atoms with Gasteiger partial charge in [-0.05, 0) is 38.1 Å². The maximum Gasteiger partial charge on any atom is 0.265 e. The summed E-state index contributed by atoms with van der Waals surface area (Å²) < 4.78 is 38.1. The number of benzene rings is 1. The third kappa shape index (κ3) is 3.75. The summed E-state index contributed by atoms with van der Waals surface area (Å²) in [5, 5.41) is 4.79. The Hall–Kier alpha value is -3.14. The number of nitrogens with zero attached hydrogens (tertiary/aromatic N) is 3. The number of carbonyl (C=O) groups excluding carboxylic acids is 1. The summed E-state index contributed by atoms with van der Waals surface area (Å²) in [6.07, 6.45) is 2.45. The van der Waals surface area contributed by atoms with E-state index in [4.69, 9.17) is 9.47 Å². The molecule has 0 saturated heterocycles. The normalized spacial score (nSPS) is 13.7. The maximum atomic E-state index is 12.7. The van der Waals surface area contributed by atoms with Crippen LogP contribution in [0.25, 0.3) is 22.3 Å². The molecule has 0 atom stereocenters. The van der Waals surface area contributed by atoms with Crippen molar-refractivity contribution in [3.8, 4) is 22.8 Å². The second kappa shape index (κ2) is 7.03. The first kappa shape index (κ1) is 19.2. The van der Waals surface area contributed by atoms with Gasteiger partial charge in [0.1, 0.15) is 13.2 Å². The molecule has 2 aromatic heterocycles. The van der Waals surface area contributed by atoms with E-state index in [1.165, 1.54) is 6.20 Å². The maximum absolute atomic E-state index is 12.7. The Morgan fingerprint density at radius 3 is 2.59 bits per heavy atom. The van der Waals surface area contributed by atoms with Crippen LogP contribution in [0.1, 0.15) is 30.2 Å². The molecule has 0 spiro atoms. The highest BCUT2D eigenvalue weighted by Crippen LogP contribution is 2.35. The highest BCUT2D eigenvalue weighted by molar-refractivity contribution is 7.89. The van der Waals surface area contributed by atoms with Gasteiger partial charge in [-0.1, -0.05) is 0 Å². The van der Waals surface area contributed by atoms with E-state index < -0.39 is 15.9 Å². The van der Waals surface area contributed by atoms with Crippen LogP contribution < -0.4 is 14.2 Å². The predicted molar refractivity (Wildman–Crippen MR) is 107 cm³/mol. The van der Waals surface area contributed by atoms with Crippen molar-refractivity contribution in [3.05, 3.63) is 36.0 Å². The Bertz CT molecular complexity index is 1220. The van der Waals surface area contributed by atoms with Gasteiger partial charge in [-0.25, -0.2) is 22.8 Å². The molecular weight excluding hydrogens is 396 g/mol. The Morgan fingerprint density at radius 2 is 1.90 bits per heavy atom. The molecule has 0 bridgehead atoms. The number of nitrogens with one attached hydrogen (secondary N) is 1. The van der Waals surface area contributed by atoms with Crippen molar-refractivity contribution in [2.75, 3.05) is 19.5 Å². The van der Waals surface area contributed by atoms with Gasteiger partial charge in [0.25, 0.3) is 5.91 Å². The van der Waals surface area contributed by atoms with E-state index in [0.29, 0.717) is 47.0 Å². The highest BCUT2D eigenvalue weighted by atomic mass is 32.2. The van der Waals surface area contributed by atoms with Gasteiger partial charge < -0.3 is 9.47 Å². The number of aromatic nitrogens is 3. The molecule has 152 valence electrons. The zero-order valence-corrected chi connectivity index (χ0v) is 17.0. The Balaban J connectivity index is 1.90. The first-order chi connectivity index (χ1) is 13.7. The molecule has 1 aliphatic heterocycles. The Labute approximate surface area is 167 Å². The molecule has 1 aliphatic rings. The van der Waals surface area contributed by atoms with Gasteiger partial charge in [0, 0.05) is 11.6 Å². The summed E-state index contributed by atoms with van der Waals surface area (Å²) in [5.74, 6) is 0.500. The molecule has 0 fully saturated rings. The summed E-state index contributed by atoms with van der Waals surface area (Å²) in [6.45, 7) is 4.83. The number of ether oxygens (including phenoxy) is 2. The van der Waals surface area contributed by atoms with Crippen LogP contribution in [0.2, 0.25) is 0 Å². The summed E-state index contributed by atoms with van der Waals surface area (Å²) in [6, 6.07) is 6.94. The molecule has 0 aliphatic carbocycles. The summed E-state index contributed by atoms with van der Waals surface area (Å²) in [4.78, 5) is 17.4. The van der Waals surface area contributed by atoms with Gasteiger partial charge in [0.2, 0.25) is 10.0 Å². The molecule has 1 amide bonds. The van der Waals surface area contributed by atoms with Crippen molar-refractivity contribution in [1.29, 1.82) is 0 Å². The van der Waals surface area contributed by atoms with E-state index in [1.54, 1.807) is 22.9 Å². The smallest absolute Gasteiger partial charge is 0.265 e. The molecule has 4 rings (SSSR count). The van der Waals surface area contributed by atoms with Crippen molar-refractivity contribution in [1.82, 2.24) is 19.5 Å². The van der Waals surface area contributed by atoms with Crippen LogP contribution in [-0.2, 0) is 10.0 Å². The number of hydrogen-bond donors (Lipinski definition) is 1. The average Bonchev–Trinajstić information content (AvgIpc) is 3.09. The molecule has 1 aromatic carbocycles. The minimum absolute atomic E-state index is 0.00124. The fourth-order valence-corrected chi connectivity index (χ4v) is 3.60. The molecular formula is C19H20N4O5S. The monoisotopic (exact) mass is 416 g/mol. The van der Waals surface area contributed by atoms with E-state index in [9.17, 15) is 13.2 Å². The van der Waals surface area contributed by atoms with Crippen LogP contribution in [0, 0.1) is 0 Å². The van der Waals surface area contributed by atoms with E-state index >= 15 is 0 Å². The predicted octanol–water partition coefficient (Wildman–Crippen LogP) is 2.14. The van der Waals surface area contributed by atoms with Crippen molar-refractivity contribution in [3.63, 3.8) is 0 Å². The fourth-order valence-electron chi connectivity index (χ4n) is 3.16. The van der Waals surface area contributed by atoms with Crippen molar-refractivity contribution in [2.24, 2.45) is 0 Å². The fraction of sp³-hybridized carbons (Fsp3) is 0.316. The van der Waals surface area contributed by atoms with E-state index in [0.717, 1.165) is 6.26 Å². The second-order valence-electron chi connectivity index (χ2n) is 7.04. The number of hydrogen-bond acceptors (Lipinski definition) is 7. The van der Waals surface area contributed by atoms with Gasteiger partial charge in [-0.3, -0.25) is 4.79 Å². The molecule has 1 N–H and O–H groups in total. The average molecular weight is 416 g/mol. The van der Waals surface area contributed by atoms with Crippen molar-refractivity contribution >= 4 is 27.0 Å². The minimum Gasteiger partial charge on any atom is -0.486 e. The largest absolute Gasteiger partial charge is 0.486 e. The van der Waals surface area contributed by atoms with Crippen LogP contribution in [-0.4, -0.2) is 48.6 Å². The number of sulfonamides is 1. The minimum atomic E-state index is -3.72. The van der Waals surface area contributed by atoms with Crippen molar-refractivity contribution < 1.29 is 22.7 Å². The lowest BCUT2D eigenvalue weighted by atomic mass is 10.1. The van der Waals surface area contributed by atoms with Crippen LogP contribution in [0.5, 0.6) is 11.5 Å². The van der Waals surface area contributed by atoms with Gasteiger partial charge in [0.15, 0.2) is 17.1 Å². The molecule has 10 heteroatoms. The zero-order valence-electron chi connectivity index (χ0n) is 16.2. The van der Waals surface area contributed by atoms with Gasteiger partial charge in [0.05, 0.1) is 29.1 Å². The lowest BCUT2D eigenvalue weighted by Gasteiger charge is -2.19. The standard InChI is InChI=1S/C19H20N4O5S/c1-11(2)23-18-14(10-20-23)13(19(24)22-29(3,25)26)9-15(21-18)12-4-5-16-17(8-12)28-7-6-27-16/h4-5,8-11H,6-7H2,1-3H3,(H,22,24). The Morgan fingerprint density at radius 1 is 1.17 bits per heavy atom. The number of amides is 1. The summed E-state index contributed by atoms with van der Waals surface area (Å²) in [7, 11) is -3.72. The van der Waals surface area contributed by atoms with E-state index in [1.807, 2.05) is 24.6 Å². The van der Waals surface area contributed by atoms with Crippen LogP contribution in [0.15, 0.2) is 30.5 Å². The zero-order chi connectivity index (χ0) is 20.8. The van der Waals surface area contributed by atoms with E-state index in [-0.39, 0.29) is 11.6 Å². The topological polar surface area (TPSA) is 112 Å². The molecule has 0 unspecified atom stereocenters. The summed E-state index contributed by atoms with van der Waals surface area (Å²) >= 11 is 0. The highest BCUT2D eigenvalue weighted by Gasteiger charge is 2.21. The SMILES string of the molecule is CC(C)n1ncc2c(C(=O)NS(C)(=O)=O)cc(-c3ccc4c(c3)OCCO4)nc21. The van der Waals surface area contributed by atoms with Gasteiger partial charge in [-0.15, -0.1) is 0 Å². The quantitative estimate of drug-likeness (QED) is 0.693. The van der Waals surface area contributed by atoms with Crippen LogP contribution in [0.4, 0.5) is 0 Å². The molecule has 3 aromatic rings. The first-order valence-electron chi connectivity index (χ1n) is 9.03. The number of rotatable bonds is 4. The third-order valence-electron chi connectivity index (χ3n) is 4.42. The van der Waals surface area contributed by atoms with E-state index in [2.05, 4.69) is 10.1 Å². The molecule has 0 saturated carbocycles. The summed E-state index contributed by atoms with van der Waals surface area (Å²) in [5.41, 5.74) is 1.87. The van der Waals surface area contributed by atoms with Gasteiger partial charge in [-0.2, -0.15) is 5.10 Å². The molecule has 3 heterocycles. The lowest BCUT2D eigenvalue weighted by Crippen LogP contribution is -2.29. The second-order valence-corrected chi connectivity index (χ2v) is 8.79. The molecule has 29 heavy (non-hydrogen) atoms. The third-order valence-corrected chi connectivity index (χ3v) is 4.97. The Kier molecular flexibility index (Phi) is 4.65. The van der Waals surface area contributed by atoms with Crippen molar-refractivity contribution in [2.45, 2.75) is 19.9 Å². The number of fused-ring (bicyclic) bond motifs is 2. The molecule has 0 radical (unpaired) electrons. The van der Waals surface area contributed by atoms with Crippen LogP contribution in [0.3, 0.4) is 0 Å². The first-order valence-corrected chi connectivity index (χ1v) is 10.9. The van der Waals surface area contributed by atoms with Crippen LogP contribution >= 0.6 is 0 Å². The number of pyridine rings is 1. The number of carbonyl (C=O) groups is 1.